The third-order valence-corrected chi connectivity index (χ3v) is 4.88. The Hall–Kier alpha value is -3.23. The minimum atomic E-state index is -0.367. The molecule has 3 rings (SSSR count). The molecule has 3 N–H and O–H groups in total. The monoisotopic (exact) mass is 483 g/mol. The van der Waals surface area contributed by atoms with Gasteiger partial charge in [0.1, 0.15) is 5.75 Å². The van der Waals surface area contributed by atoms with Crippen molar-refractivity contribution in [2.75, 3.05) is 17.7 Å². The van der Waals surface area contributed by atoms with E-state index in [-0.39, 0.29) is 16.9 Å². The van der Waals surface area contributed by atoms with E-state index in [1.807, 2.05) is 30.3 Å². The van der Waals surface area contributed by atoms with E-state index in [1.165, 1.54) is 0 Å². The van der Waals surface area contributed by atoms with E-state index >= 15 is 0 Å². The summed E-state index contributed by atoms with van der Waals surface area (Å²) in [5.41, 5.74) is 2.16. The van der Waals surface area contributed by atoms with Crippen molar-refractivity contribution < 1.29 is 14.3 Å². The predicted octanol–water partition coefficient (Wildman–Crippen LogP) is 4.84. The number of rotatable bonds is 5. The summed E-state index contributed by atoms with van der Waals surface area (Å²) < 4.78 is 5.82. The summed E-state index contributed by atoms with van der Waals surface area (Å²) in [4.78, 5) is 24.9. The van der Waals surface area contributed by atoms with Gasteiger partial charge in [0.2, 0.25) is 0 Å². The highest BCUT2D eigenvalue weighted by Gasteiger charge is 2.12. The first-order chi connectivity index (χ1) is 14.5. The molecule has 0 saturated heterocycles. The van der Waals surface area contributed by atoms with Crippen LogP contribution >= 0.6 is 28.1 Å². The summed E-state index contributed by atoms with van der Waals surface area (Å²) >= 11 is 8.58. The van der Waals surface area contributed by atoms with Crippen molar-refractivity contribution in [3.8, 4) is 5.75 Å². The van der Waals surface area contributed by atoms with Crippen LogP contribution in [0.1, 0.15) is 20.7 Å². The number of carbonyl (C=O) groups is 2. The molecular weight excluding hydrogens is 466 g/mol. The number of thiocarbonyl (C=S) groups is 1. The lowest BCUT2D eigenvalue weighted by Crippen LogP contribution is -2.34. The van der Waals surface area contributed by atoms with Crippen molar-refractivity contribution in [2.24, 2.45) is 0 Å². The van der Waals surface area contributed by atoms with Gasteiger partial charge in [0.25, 0.3) is 11.8 Å². The molecular formula is C22H18BrN3O3S. The van der Waals surface area contributed by atoms with Gasteiger partial charge in [0.15, 0.2) is 5.11 Å². The predicted molar refractivity (Wildman–Crippen MR) is 125 cm³/mol. The molecule has 3 aromatic carbocycles. The summed E-state index contributed by atoms with van der Waals surface area (Å²) in [6, 6.07) is 21.0. The number of anilines is 2. The number of methoxy groups -OCH3 is 1. The Morgan fingerprint density at radius 3 is 2.23 bits per heavy atom. The van der Waals surface area contributed by atoms with Gasteiger partial charge in [-0.25, -0.2) is 0 Å². The number of hydrogen-bond acceptors (Lipinski definition) is 4. The maximum atomic E-state index is 12.4. The van der Waals surface area contributed by atoms with E-state index in [9.17, 15) is 9.59 Å². The SMILES string of the molecule is COc1ccc(C(=O)NC(=S)Nc2cccc(C(=O)Nc3ccccc3)c2)cc1Br. The molecule has 0 aromatic heterocycles. The number of hydrogen-bond donors (Lipinski definition) is 3. The summed E-state index contributed by atoms with van der Waals surface area (Å²) in [6.45, 7) is 0. The number of para-hydroxylation sites is 1. The number of amides is 2. The smallest absolute Gasteiger partial charge is 0.257 e. The molecule has 0 spiro atoms. The number of nitrogens with one attached hydrogen (secondary N) is 3. The van der Waals surface area contributed by atoms with E-state index in [2.05, 4.69) is 31.9 Å². The maximum absolute atomic E-state index is 12.4. The standard InChI is InChI=1S/C22H18BrN3O3S/c1-29-19-11-10-15(13-18(19)23)21(28)26-22(30)25-17-9-5-6-14(12-17)20(27)24-16-7-3-2-4-8-16/h2-13H,1H3,(H,24,27)(H2,25,26,28,30). The van der Waals surface area contributed by atoms with Gasteiger partial charge in [0.05, 0.1) is 11.6 Å². The topological polar surface area (TPSA) is 79.5 Å². The fourth-order valence-electron chi connectivity index (χ4n) is 2.61. The average Bonchev–Trinajstić information content (AvgIpc) is 2.74. The van der Waals surface area contributed by atoms with Gasteiger partial charge < -0.3 is 15.4 Å². The van der Waals surface area contributed by atoms with Crippen LogP contribution in [0.2, 0.25) is 0 Å². The Labute approximate surface area is 187 Å². The highest BCUT2D eigenvalue weighted by atomic mass is 79.9. The zero-order valence-corrected chi connectivity index (χ0v) is 18.3. The Bertz CT molecular complexity index is 1090. The normalized spacial score (nSPS) is 10.1. The number of benzene rings is 3. The summed E-state index contributed by atoms with van der Waals surface area (Å²) in [5, 5.41) is 8.48. The minimum absolute atomic E-state index is 0.118. The van der Waals surface area contributed by atoms with Crippen molar-refractivity contribution in [3.63, 3.8) is 0 Å². The third-order valence-electron chi connectivity index (χ3n) is 4.06. The molecule has 6 nitrogen and oxygen atoms in total. The minimum Gasteiger partial charge on any atom is -0.496 e. The number of ether oxygens (including phenoxy) is 1. The second-order valence-corrected chi connectivity index (χ2v) is 7.42. The van der Waals surface area contributed by atoms with Crippen LogP contribution in [0.15, 0.2) is 77.3 Å². The first-order valence-corrected chi connectivity index (χ1v) is 10.1. The van der Waals surface area contributed by atoms with Crippen LogP contribution in [0, 0.1) is 0 Å². The molecule has 0 fully saturated rings. The average molecular weight is 484 g/mol. The zero-order chi connectivity index (χ0) is 21.5. The fourth-order valence-corrected chi connectivity index (χ4v) is 3.36. The molecule has 30 heavy (non-hydrogen) atoms. The van der Waals surface area contributed by atoms with Crippen LogP contribution in [0.4, 0.5) is 11.4 Å². The van der Waals surface area contributed by atoms with E-state index in [4.69, 9.17) is 17.0 Å². The second kappa shape index (κ2) is 10.00. The second-order valence-electron chi connectivity index (χ2n) is 6.16. The third kappa shape index (κ3) is 5.65. The van der Waals surface area contributed by atoms with Crippen LogP contribution < -0.4 is 20.7 Å². The molecule has 3 aromatic rings. The van der Waals surface area contributed by atoms with Crippen molar-refractivity contribution in [1.29, 1.82) is 0 Å². The van der Waals surface area contributed by atoms with Gasteiger partial charge in [-0.15, -0.1) is 0 Å². The van der Waals surface area contributed by atoms with Gasteiger partial charge in [0, 0.05) is 22.5 Å². The first-order valence-electron chi connectivity index (χ1n) is 8.88. The Balaban J connectivity index is 1.62. The molecule has 0 unspecified atom stereocenters. The molecule has 0 heterocycles. The fraction of sp³-hybridized carbons (Fsp3) is 0.0455. The maximum Gasteiger partial charge on any atom is 0.257 e. The lowest BCUT2D eigenvalue weighted by atomic mass is 10.2. The van der Waals surface area contributed by atoms with Crippen LogP contribution in [0.3, 0.4) is 0 Å². The molecule has 0 aliphatic heterocycles. The molecule has 0 saturated carbocycles. The molecule has 0 radical (unpaired) electrons. The van der Waals surface area contributed by atoms with E-state index in [1.54, 1.807) is 49.6 Å². The van der Waals surface area contributed by atoms with Gasteiger partial charge >= 0.3 is 0 Å². The summed E-state index contributed by atoms with van der Waals surface area (Å²) in [5.74, 6) is 0.00885. The van der Waals surface area contributed by atoms with E-state index in [0.29, 0.717) is 32.7 Å². The van der Waals surface area contributed by atoms with Crippen LogP contribution in [0.5, 0.6) is 5.75 Å². The zero-order valence-electron chi connectivity index (χ0n) is 15.9. The Kier molecular flexibility index (Phi) is 7.16. The van der Waals surface area contributed by atoms with E-state index in [0.717, 1.165) is 0 Å². The van der Waals surface area contributed by atoms with Crippen molar-refractivity contribution in [3.05, 3.63) is 88.4 Å². The van der Waals surface area contributed by atoms with Crippen molar-refractivity contribution in [2.45, 2.75) is 0 Å². The summed E-state index contributed by atoms with van der Waals surface area (Å²) in [6.07, 6.45) is 0. The molecule has 0 aliphatic carbocycles. The highest BCUT2D eigenvalue weighted by Crippen LogP contribution is 2.25. The van der Waals surface area contributed by atoms with E-state index < -0.39 is 0 Å². The lowest BCUT2D eigenvalue weighted by molar-refractivity contribution is 0.0976. The number of carbonyl (C=O) groups excluding carboxylic acids is 2. The Morgan fingerprint density at radius 2 is 1.53 bits per heavy atom. The van der Waals surface area contributed by atoms with Crippen LogP contribution in [-0.4, -0.2) is 24.0 Å². The van der Waals surface area contributed by atoms with Gasteiger partial charge in [-0.1, -0.05) is 24.3 Å². The molecule has 0 bridgehead atoms. The molecule has 152 valence electrons. The van der Waals surface area contributed by atoms with Crippen LogP contribution in [0.25, 0.3) is 0 Å². The lowest BCUT2D eigenvalue weighted by Gasteiger charge is -2.12. The van der Waals surface area contributed by atoms with Gasteiger partial charge in [-0.05, 0) is 76.7 Å². The Morgan fingerprint density at radius 1 is 0.833 bits per heavy atom. The summed E-state index contributed by atoms with van der Waals surface area (Å²) in [7, 11) is 1.55. The van der Waals surface area contributed by atoms with Crippen molar-refractivity contribution in [1.82, 2.24) is 5.32 Å². The molecule has 2 amide bonds. The highest BCUT2D eigenvalue weighted by molar-refractivity contribution is 9.10. The molecule has 0 atom stereocenters. The van der Waals surface area contributed by atoms with Crippen molar-refractivity contribution >= 4 is 56.4 Å². The van der Waals surface area contributed by atoms with Gasteiger partial charge in [-0.3, -0.25) is 14.9 Å². The molecule has 8 heteroatoms. The number of halogens is 1. The quantitative estimate of drug-likeness (QED) is 0.452. The van der Waals surface area contributed by atoms with Gasteiger partial charge in [-0.2, -0.15) is 0 Å². The first kappa shape index (κ1) is 21.5. The largest absolute Gasteiger partial charge is 0.496 e. The van der Waals surface area contributed by atoms with Crippen LogP contribution in [-0.2, 0) is 0 Å². The molecule has 0 aliphatic rings.